The summed E-state index contributed by atoms with van der Waals surface area (Å²) in [6, 6.07) is 12.5. The first-order valence-electron chi connectivity index (χ1n) is 8.94. The summed E-state index contributed by atoms with van der Waals surface area (Å²) in [5.41, 5.74) is 4.31. The molecule has 1 N–H and O–H groups in total. The molecule has 0 saturated heterocycles. The fourth-order valence-corrected chi connectivity index (χ4v) is 4.24. The van der Waals surface area contributed by atoms with Crippen LogP contribution in [0.1, 0.15) is 35.7 Å². The maximum atomic E-state index is 13.4. The zero-order chi connectivity index (χ0) is 19.0. The molecule has 0 amide bonds. The number of benzene rings is 2. The van der Waals surface area contributed by atoms with Gasteiger partial charge >= 0.3 is 0 Å². The molecule has 0 spiro atoms. The largest absolute Gasteiger partial charge is 0.493 e. The molecular weight excluding hydrogens is 363 g/mol. The van der Waals surface area contributed by atoms with E-state index in [-0.39, 0.29) is 11.7 Å². The fraction of sp³-hybridized carbons (Fsp3) is 0.286. The first kappa shape index (κ1) is 17.8. The molecule has 4 nitrogen and oxygen atoms in total. The lowest BCUT2D eigenvalue weighted by molar-refractivity contribution is 0.354. The van der Waals surface area contributed by atoms with Gasteiger partial charge in [0.1, 0.15) is 5.82 Å². The number of hydrogen-bond acceptors (Lipinski definition) is 3. The minimum atomic E-state index is -0.258. The Morgan fingerprint density at radius 1 is 1.07 bits per heavy atom. The van der Waals surface area contributed by atoms with Crippen LogP contribution in [0.15, 0.2) is 42.5 Å². The normalized spacial score (nSPS) is 16.0. The number of H-pyrrole nitrogens is 1. The molecule has 1 atom stereocenters. The summed E-state index contributed by atoms with van der Waals surface area (Å²) >= 11 is 5.60. The highest BCUT2D eigenvalue weighted by Gasteiger charge is 2.28. The smallest absolute Gasteiger partial charge is 0.182 e. The number of fused-ring (bicyclic) bond motifs is 1. The Balaban J connectivity index is 1.86. The second-order valence-electron chi connectivity index (χ2n) is 6.67. The summed E-state index contributed by atoms with van der Waals surface area (Å²) in [6.07, 6.45) is 3.04. The Kier molecular flexibility index (Phi) is 4.74. The second kappa shape index (κ2) is 7.19. The van der Waals surface area contributed by atoms with Gasteiger partial charge in [-0.15, -0.1) is 0 Å². The zero-order valence-corrected chi connectivity index (χ0v) is 16.1. The molecule has 27 heavy (non-hydrogen) atoms. The summed E-state index contributed by atoms with van der Waals surface area (Å²) in [4.78, 5) is 3.36. The summed E-state index contributed by atoms with van der Waals surface area (Å²) < 4.78 is 26.9. The number of ether oxygens (including phenoxy) is 2. The highest BCUT2D eigenvalue weighted by Crippen LogP contribution is 2.40. The van der Waals surface area contributed by atoms with Crippen molar-refractivity contribution in [2.45, 2.75) is 25.2 Å². The number of hydrogen-bond donors (Lipinski definition) is 1. The predicted molar refractivity (Wildman–Crippen MR) is 105 cm³/mol. The van der Waals surface area contributed by atoms with E-state index in [4.69, 9.17) is 21.7 Å². The van der Waals surface area contributed by atoms with Crippen molar-refractivity contribution in [3.63, 3.8) is 0 Å². The Bertz CT molecular complexity index is 1020. The third-order valence-electron chi connectivity index (χ3n) is 5.16. The monoisotopic (exact) mass is 384 g/mol. The highest BCUT2D eigenvalue weighted by molar-refractivity contribution is 7.71. The molecule has 0 aliphatic heterocycles. The minimum absolute atomic E-state index is 0.173. The molecule has 4 rings (SSSR count). The van der Waals surface area contributed by atoms with Gasteiger partial charge in [-0.25, -0.2) is 4.39 Å². The Morgan fingerprint density at radius 3 is 2.52 bits per heavy atom. The van der Waals surface area contributed by atoms with Crippen molar-refractivity contribution in [3.05, 3.63) is 70.0 Å². The van der Waals surface area contributed by atoms with Gasteiger partial charge in [-0.3, -0.25) is 4.57 Å². The van der Waals surface area contributed by atoms with Crippen LogP contribution in [0.3, 0.4) is 0 Å². The summed E-state index contributed by atoms with van der Waals surface area (Å²) in [7, 11) is 3.28. The van der Waals surface area contributed by atoms with E-state index in [1.807, 2.05) is 16.7 Å². The molecule has 140 valence electrons. The first-order valence-corrected chi connectivity index (χ1v) is 9.35. The molecule has 0 saturated carbocycles. The van der Waals surface area contributed by atoms with Crippen molar-refractivity contribution >= 4 is 12.2 Å². The number of aryl methyl sites for hydroxylation is 1. The van der Waals surface area contributed by atoms with Crippen LogP contribution >= 0.6 is 12.2 Å². The van der Waals surface area contributed by atoms with Crippen LogP contribution in [-0.4, -0.2) is 23.8 Å². The summed E-state index contributed by atoms with van der Waals surface area (Å²) in [5, 5.41) is 0. The number of imidazole rings is 1. The third-order valence-corrected chi connectivity index (χ3v) is 5.44. The number of methoxy groups -OCH3 is 2. The molecule has 2 aromatic carbocycles. The van der Waals surface area contributed by atoms with Crippen LogP contribution < -0.4 is 9.47 Å². The molecule has 0 fully saturated rings. The second-order valence-corrected chi connectivity index (χ2v) is 7.05. The van der Waals surface area contributed by atoms with Gasteiger partial charge in [-0.2, -0.15) is 0 Å². The number of nitrogens with one attached hydrogen (secondary N) is 1. The summed E-state index contributed by atoms with van der Waals surface area (Å²) in [5.74, 6) is 1.34. The molecule has 6 heteroatoms. The lowest BCUT2D eigenvalue weighted by Crippen LogP contribution is -2.15. The van der Waals surface area contributed by atoms with E-state index in [9.17, 15) is 4.39 Å². The molecule has 0 bridgehead atoms. The lowest BCUT2D eigenvalue weighted by Gasteiger charge is -2.25. The molecule has 1 aromatic heterocycles. The van der Waals surface area contributed by atoms with Crippen LogP contribution in [0.4, 0.5) is 4.39 Å². The quantitative estimate of drug-likeness (QED) is 0.632. The van der Waals surface area contributed by atoms with Gasteiger partial charge in [0.2, 0.25) is 0 Å². The number of halogens is 1. The van der Waals surface area contributed by atoms with Crippen LogP contribution in [-0.2, 0) is 6.42 Å². The molecular formula is C21H21FN2O2S. The van der Waals surface area contributed by atoms with Crippen LogP contribution in [0, 0.1) is 10.6 Å². The molecule has 1 aliphatic carbocycles. The van der Waals surface area contributed by atoms with E-state index in [1.165, 1.54) is 12.1 Å². The third kappa shape index (κ3) is 3.14. The molecule has 1 unspecified atom stereocenters. The van der Waals surface area contributed by atoms with Crippen LogP contribution in [0.2, 0.25) is 0 Å². The SMILES string of the molecule is COc1ccc(C2CCCc3[nH]c(=S)n(-c4ccc(F)cc4)c32)cc1OC. The van der Waals surface area contributed by atoms with Gasteiger partial charge in [0, 0.05) is 17.3 Å². The average Bonchev–Trinajstić information content (AvgIpc) is 3.04. The van der Waals surface area contributed by atoms with E-state index in [1.54, 1.807) is 26.4 Å². The minimum Gasteiger partial charge on any atom is -0.493 e. The standard InChI is InChI=1S/C21H21FN2O2S/c1-25-18-11-6-13(12-19(18)26-2)16-4-3-5-17-20(16)24(21(27)23-17)15-9-7-14(22)8-10-15/h6-12,16H,3-5H2,1-2H3,(H,23,27). The van der Waals surface area contributed by atoms with Gasteiger partial charge in [0.05, 0.1) is 19.9 Å². The number of aromatic nitrogens is 2. The maximum Gasteiger partial charge on any atom is 0.182 e. The fourth-order valence-electron chi connectivity index (χ4n) is 3.91. The van der Waals surface area contributed by atoms with Crippen molar-refractivity contribution in [1.82, 2.24) is 9.55 Å². The average molecular weight is 384 g/mol. The van der Waals surface area contributed by atoms with Crippen molar-refractivity contribution in [2.24, 2.45) is 0 Å². The van der Waals surface area contributed by atoms with E-state index in [0.29, 0.717) is 16.3 Å². The Morgan fingerprint density at radius 2 is 1.81 bits per heavy atom. The zero-order valence-electron chi connectivity index (χ0n) is 15.3. The van der Waals surface area contributed by atoms with Crippen molar-refractivity contribution in [3.8, 4) is 17.2 Å². The Hall–Kier alpha value is -2.60. The van der Waals surface area contributed by atoms with Gasteiger partial charge in [0.25, 0.3) is 0 Å². The number of rotatable bonds is 4. The molecule has 1 aliphatic rings. The van der Waals surface area contributed by atoms with Crippen LogP contribution in [0.5, 0.6) is 11.5 Å². The maximum absolute atomic E-state index is 13.4. The first-order chi connectivity index (χ1) is 13.1. The van der Waals surface area contributed by atoms with Crippen molar-refractivity contribution < 1.29 is 13.9 Å². The van der Waals surface area contributed by atoms with Crippen molar-refractivity contribution in [1.29, 1.82) is 0 Å². The van der Waals surface area contributed by atoms with Gasteiger partial charge < -0.3 is 14.5 Å². The topological polar surface area (TPSA) is 39.2 Å². The molecule has 0 radical (unpaired) electrons. The molecule has 1 heterocycles. The van der Waals surface area contributed by atoms with Gasteiger partial charge in [-0.1, -0.05) is 6.07 Å². The van der Waals surface area contributed by atoms with Gasteiger partial charge in [-0.05, 0) is 73.4 Å². The lowest BCUT2D eigenvalue weighted by atomic mass is 9.84. The predicted octanol–water partition coefficient (Wildman–Crippen LogP) is 5.16. The Labute approximate surface area is 162 Å². The van der Waals surface area contributed by atoms with Gasteiger partial charge in [0.15, 0.2) is 16.3 Å². The number of nitrogens with zero attached hydrogens (tertiary/aromatic N) is 1. The van der Waals surface area contributed by atoms with E-state index in [2.05, 4.69) is 11.1 Å². The van der Waals surface area contributed by atoms with Crippen LogP contribution in [0.25, 0.3) is 5.69 Å². The molecule has 3 aromatic rings. The highest BCUT2D eigenvalue weighted by atomic mass is 32.1. The summed E-state index contributed by atoms with van der Waals surface area (Å²) in [6.45, 7) is 0. The number of aromatic amines is 1. The van der Waals surface area contributed by atoms with E-state index >= 15 is 0 Å². The van der Waals surface area contributed by atoms with Crippen molar-refractivity contribution in [2.75, 3.05) is 14.2 Å². The van der Waals surface area contributed by atoms with E-state index < -0.39 is 0 Å². The van der Waals surface area contributed by atoms with E-state index in [0.717, 1.165) is 41.9 Å².